The molecular formula is C22H27N3S. The number of piperidine rings is 1. The number of anilines is 2. The summed E-state index contributed by atoms with van der Waals surface area (Å²) in [5.41, 5.74) is 7.29. The molecule has 3 atom stereocenters. The SMILES string of the molecule is C[C@H](Nc1cc2c3c(c1)[C@@H]1CNCC[C@@H]1N3CCSC2)c1ccccc1. The van der Waals surface area contributed by atoms with Gasteiger partial charge in [-0.05, 0) is 48.7 Å². The first-order valence-electron chi connectivity index (χ1n) is 9.84. The van der Waals surface area contributed by atoms with E-state index in [2.05, 4.69) is 76.7 Å². The van der Waals surface area contributed by atoms with E-state index in [0.29, 0.717) is 18.0 Å². The average molecular weight is 366 g/mol. The molecule has 3 nitrogen and oxygen atoms in total. The first-order chi connectivity index (χ1) is 12.8. The van der Waals surface area contributed by atoms with Crippen molar-refractivity contribution in [3.05, 3.63) is 59.2 Å². The fourth-order valence-electron chi connectivity index (χ4n) is 4.94. The van der Waals surface area contributed by atoms with Crippen molar-refractivity contribution in [1.82, 2.24) is 5.32 Å². The van der Waals surface area contributed by atoms with Gasteiger partial charge in [-0.1, -0.05) is 30.3 Å². The van der Waals surface area contributed by atoms with E-state index in [4.69, 9.17) is 0 Å². The average Bonchev–Trinajstić information content (AvgIpc) is 2.84. The highest BCUT2D eigenvalue weighted by molar-refractivity contribution is 7.98. The smallest absolute Gasteiger partial charge is 0.0485 e. The van der Waals surface area contributed by atoms with Gasteiger partial charge in [0.05, 0.1) is 0 Å². The summed E-state index contributed by atoms with van der Waals surface area (Å²) in [5, 5.41) is 7.40. The Morgan fingerprint density at radius 1 is 1.23 bits per heavy atom. The number of nitrogens with one attached hydrogen (secondary N) is 2. The third kappa shape index (κ3) is 2.80. The molecule has 2 N–H and O–H groups in total. The van der Waals surface area contributed by atoms with Crippen molar-refractivity contribution in [2.24, 2.45) is 0 Å². The van der Waals surface area contributed by atoms with Crippen molar-refractivity contribution >= 4 is 23.1 Å². The van der Waals surface area contributed by atoms with Crippen LogP contribution >= 0.6 is 11.8 Å². The van der Waals surface area contributed by atoms with Gasteiger partial charge in [-0.15, -0.1) is 0 Å². The minimum Gasteiger partial charge on any atom is -0.379 e. The van der Waals surface area contributed by atoms with Crippen molar-refractivity contribution in [3.63, 3.8) is 0 Å². The lowest BCUT2D eigenvalue weighted by molar-refractivity contribution is 0.406. The standard InChI is InChI=1S/C22H27N3S/c1-15(16-5-3-2-4-6-16)24-18-11-17-14-26-10-9-25-21-7-8-23-13-20(21)19(12-18)22(17)25/h2-6,11-12,15,20-21,23-24H,7-10,13-14H2,1H3/t15-,20-,21-/m0/s1. The first-order valence-corrected chi connectivity index (χ1v) is 11.0. The molecule has 0 spiro atoms. The molecule has 0 unspecified atom stereocenters. The molecule has 1 fully saturated rings. The largest absolute Gasteiger partial charge is 0.379 e. The minimum absolute atomic E-state index is 0.317. The number of hydrogen-bond donors (Lipinski definition) is 2. The number of nitrogens with zero attached hydrogens (tertiary/aromatic N) is 1. The van der Waals surface area contributed by atoms with Crippen molar-refractivity contribution in [3.8, 4) is 0 Å². The topological polar surface area (TPSA) is 27.3 Å². The molecule has 4 heteroatoms. The zero-order valence-corrected chi connectivity index (χ0v) is 16.2. The molecule has 0 bridgehead atoms. The van der Waals surface area contributed by atoms with Gasteiger partial charge < -0.3 is 15.5 Å². The molecule has 0 saturated carbocycles. The lowest BCUT2D eigenvalue weighted by atomic mass is 9.89. The lowest BCUT2D eigenvalue weighted by Crippen LogP contribution is -2.44. The van der Waals surface area contributed by atoms with Gasteiger partial charge in [-0.25, -0.2) is 0 Å². The van der Waals surface area contributed by atoms with Gasteiger partial charge in [0.15, 0.2) is 0 Å². The summed E-state index contributed by atoms with van der Waals surface area (Å²) in [6.45, 7) is 5.74. The summed E-state index contributed by atoms with van der Waals surface area (Å²) in [7, 11) is 0. The summed E-state index contributed by atoms with van der Waals surface area (Å²) < 4.78 is 0. The van der Waals surface area contributed by atoms with E-state index in [0.717, 1.165) is 18.8 Å². The van der Waals surface area contributed by atoms with Crippen LogP contribution in [0.4, 0.5) is 11.4 Å². The third-order valence-corrected chi connectivity index (χ3v) is 7.15. The quantitative estimate of drug-likeness (QED) is 0.844. The first kappa shape index (κ1) is 16.5. The lowest BCUT2D eigenvalue weighted by Gasteiger charge is -2.33. The van der Waals surface area contributed by atoms with Gasteiger partial charge in [0.2, 0.25) is 0 Å². The molecule has 0 radical (unpaired) electrons. The summed E-state index contributed by atoms with van der Waals surface area (Å²) >= 11 is 2.08. The van der Waals surface area contributed by atoms with Gasteiger partial charge in [-0.3, -0.25) is 0 Å². The number of fused-ring (bicyclic) bond motifs is 3. The van der Waals surface area contributed by atoms with E-state index in [1.54, 1.807) is 11.3 Å². The van der Waals surface area contributed by atoms with Crippen LogP contribution in [0, 0.1) is 0 Å². The van der Waals surface area contributed by atoms with Crippen LogP contribution in [0.3, 0.4) is 0 Å². The predicted molar refractivity (Wildman–Crippen MR) is 112 cm³/mol. The Kier molecular flexibility index (Phi) is 4.33. The zero-order chi connectivity index (χ0) is 17.5. The van der Waals surface area contributed by atoms with E-state index in [-0.39, 0.29) is 0 Å². The van der Waals surface area contributed by atoms with E-state index in [9.17, 15) is 0 Å². The van der Waals surface area contributed by atoms with Gasteiger partial charge in [0, 0.05) is 54.0 Å². The molecule has 0 amide bonds. The fraction of sp³-hybridized carbons (Fsp3) is 0.455. The molecule has 5 rings (SSSR count). The van der Waals surface area contributed by atoms with Crippen molar-refractivity contribution in [1.29, 1.82) is 0 Å². The summed E-state index contributed by atoms with van der Waals surface area (Å²) in [6, 6.07) is 16.6. The highest BCUT2D eigenvalue weighted by Crippen LogP contribution is 2.48. The van der Waals surface area contributed by atoms with E-state index < -0.39 is 0 Å². The Hall–Kier alpha value is -1.65. The second kappa shape index (κ2) is 6.82. The molecule has 1 saturated heterocycles. The van der Waals surface area contributed by atoms with Crippen LogP contribution in [0.2, 0.25) is 0 Å². The molecule has 136 valence electrons. The molecule has 0 aromatic heterocycles. The maximum Gasteiger partial charge on any atom is 0.0485 e. The van der Waals surface area contributed by atoms with Crippen LogP contribution in [0.25, 0.3) is 0 Å². The summed E-state index contributed by atoms with van der Waals surface area (Å²) in [5.74, 6) is 3.03. The Morgan fingerprint density at radius 3 is 3.00 bits per heavy atom. The van der Waals surface area contributed by atoms with Gasteiger partial charge in [-0.2, -0.15) is 11.8 Å². The van der Waals surface area contributed by atoms with E-state index in [1.807, 2.05) is 0 Å². The van der Waals surface area contributed by atoms with Crippen molar-refractivity contribution in [2.75, 3.05) is 35.6 Å². The Morgan fingerprint density at radius 2 is 2.12 bits per heavy atom. The van der Waals surface area contributed by atoms with E-state index >= 15 is 0 Å². The minimum atomic E-state index is 0.317. The van der Waals surface area contributed by atoms with Gasteiger partial charge >= 0.3 is 0 Å². The highest BCUT2D eigenvalue weighted by Gasteiger charge is 2.41. The maximum atomic E-state index is 3.77. The number of rotatable bonds is 3. The summed E-state index contributed by atoms with van der Waals surface area (Å²) in [4.78, 5) is 2.74. The molecule has 3 aliphatic heterocycles. The van der Waals surface area contributed by atoms with Crippen LogP contribution in [0.1, 0.15) is 42.0 Å². The van der Waals surface area contributed by atoms with Crippen molar-refractivity contribution in [2.45, 2.75) is 37.1 Å². The van der Waals surface area contributed by atoms with Crippen LogP contribution in [-0.4, -0.2) is 31.4 Å². The number of thioether (sulfide) groups is 1. The van der Waals surface area contributed by atoms with Gasteiger partial charge in [0.1, 0.15) is 0 Å². The molecule has 2 aromatic rings. The number of hydrogen-bond acceptors (Lipinski definition) is 4. The van der Waals surface area contributed by atoms with E-state index in [1.165, 1.54) is 35.5 Å². The second-order valence-corrected chi connectivity index (χ2v) is 8.87. The van der Waals surface area contributed by atoms with Crippen molar-refractivity contribution < 1.29 is 0 Å². The Balaban J connectivity index is 1.51. The molecule has 3 aliphatic rings. The Labute approximate surface area is 160 Å². The third-order valence-electron chi connectivity index (χ3n) is 6.17. The normalized spacial score (nSPS) is 25.2. The van der Waals surface area contributed by atoms with Crippen LogP contribution < -0.4 is 15.5 Å². The molecule has 26 heavy (non-hydrogen) atoms. The maximum absolute atomic E-state index is 3.77. The molecule has 2 aromatic carbocycles. The number of benzene rings is 2. The molecule has 0 aliphatic carbocycles. The molecular weight excluding hydrogens is 338 g/mol. The fourth-order valence-corrected chi connectivity index (χ4v) is 5.85. The second-order valence-electron chi connectivity index (χ2n) is 7.76. The van der Waals surface area contributed by atoms with Crippen LogP contribution in [0.15, 0.2) is 42.5 Å². The Bertz CT molecular complexity index is 791. The van der Waals surface area contributed by atoms with Crippen LogP contribution in [-0.2, 0) is 5.75 Å². The highest BCUT2D eigenvalue weighted by atomic mass is 32.2. The summed E-state index contributed by atoms with van der Waals surface area (Å²) in [6.07, 6.45) is 1.27. The van der Waals surface area contributed by atoms with Crippen LogP contribution in [0.5, 0.6) is 0 Å². The van der Waals surface area contributed by atoms with Gasteiger partial charge in [0.25, 0.3) is 0 Å². The predicted octanol–water partition coefficient (Wildman–Crippen LogP) is 4.37. The zero-order valence-electron chi connectivity index (χ0n) is 15.4. The molecule has 3 heterocycles. The monoisotopic (exact) mass is 365 g/mol.